The van der Waals surface area contributed by atoms with Crippen molar-refractivity contribution in [1.82, 2.24) is 0 Å². The van der Waals surface area contributed by atoms with Crippen LogP contribution >= 0.6 is 0 Å². The van der Waals surface area contributed by atoms with E-state index in [1.807, 2.05) is 27.7 Å². The van der Waals surface area contributed by atoms with E-state index in [1.165, 1.54) is 25.3 Å². The van der Waals surface area contributed by atoms with Gasteiger partial charge in [0.25, 0.3) is 0 Å². The predicted molar refractivity (Wildman–Crippen MR) is 124 cm³/mol. The Balaban J connectivity index is 2.42. The summed E-state index contributed by atoms with van der Waals surface area (Å²) in [4.78, 5) is 36.4. The van der Waals surface area contributed by atoms with Gasteiger partial charge in [-0.2, -0.15) is 0 Å². The topological polar surface area (TPSA) is 99.1 Å². The minimum atomic E-state index is -1.10. The number of aryl methyl sites for hydroxylation is 1. The maximum absolute atomic E-state index is 13.4. The van der Waals surface area contributed by atoms with Crippen LogP contribution in [-0.2, 0) is 16.0 Å². The van der Waals surface area contributed by atoms with Gasteiger partial charge < -0.3 is 19.3 Å². The molecule has 0 heterocycles. The second kappa shape index (κ2) is 12.0. The number of rotatable bonds is 12. The second-order valence-corrected chi connectivity index (χ2v) is 8.65. The zero-order chi connectivity index (χ0) is 24.5. The van der Waals surface area contributed by atoms with Crippen molar-refractivity contribution in [2.45, 2.75) is 40.5 Å². The molecule has 7 nitrogen and oxygen atoms in total. The van der Waals surface area contributed by atoms with E-state index in [9.17, 15) is 19.5 Å². The highest BCUT2D eigenvalue weighted by atomic mass is 16.5. The number of carboxylic acids is 1. The first-order valence-electron chi connectivity index (χ1n) is 11.0. The summed E-state index contributed by atoms with van der Waals surface area (Å²) in [5, 5.41) is 9.32. The van der Waals surface area contributed by atoms with E-state index in [0.717, 1.165) is 5.56 Å². The summed E-state index contributed by atoms with van der Waals surface area (Å²) < 4.78 is 16.4. The summed E-state index contributed by atoms with van der Waals surface area (Å²) in [5.41, 5.74) is 1.43. The molecular weight excluding hydrogens is 424 g/mol. The van der Waals surface area contributed by atoms with Gasteiger partial charge in [0.15, 0.2) is 5.78 Å². The Morgan fingerprint density at radius 3 is 2.03 bits per heavy atom. The zero-order valence-electron chi connectivity index (χ0n) is 19.8. The lowest BCUT2D eigenvalue weighted by molar-refractivity contribution is -0.140. The number of hydrogen-bond donors (Lipinski definition) is 1. The molecule has 2 aromatic rings. The summed E-state index contributed by atoms with van der Waals surface area (Å²) in [6.45, 7) is 8.84. The molecule has 0 amide bonds. The fourth-order valence-corrected chi connectivity index (χ4v) is 3.03. The number of methoxy groups -OCH3 is 1. The standard InChI is InChI=1S/C26H32O7/c1-16(2)14-32-22-10-7-19(12-18(22)8-11-24(27)31-5)25(28)21-9-6-20(26(29)30)13-23(21)33-15-17(3)4/h6-7,9-10,12-13,16-17H,8,11,14-15H2,1-5H3,(H,29,30). The summed E-state index contributed by atoms with van der Waals surface area (Å²) in [7, 11) is 1.33. The molecule has 178 valence electrons. The van der Waals surface area contributed by atoms with Crippen molar-refractivity contribution < 1.29 is 33.7 Å². The summed E-state index contributed by atoms with van der Waals surface area (Å²) in [6, 6.07) is 9.32. The first-order valence-corrected chi connectivity index (χ1v) is 11.0. The smallest absolute Gasteiger partial charge is 0.335 e. The molecule has 0 aliphatic carbocycles. The fraction of sp³-hybridized carbons (Fsp3) is 0.423. The second-order valence-electron chi connectivity index (χ2n) is 8.65. The Kier molecular flexibility index (Phi) is 9.45. The molecule has 1 N–H and O–H groups in total. The largest absolute Gasteiger partial charge is 0.493 e. The van der Waals surface area contributed by atoms with Crippen molar-refractivity contribution in [3.63, 3.8) is 0 Å². The van der Waals surface area contributed by atoms with E-state index < -0.39 is 5.97 Å². The zero-order valence-corrected chi connectivity index (χ0v) is 19.8. The molecule has 0 bridgehead atoms. The van der Waals surface area contributed by atoms with Crippen molar-refractivity contribution in [1.29, 1.82) is 0 Å². The van der Waals surface area contributed by atoms with Gasteiger partial charge in [0.05, 0.1) is 31.5 Å². The third-order valence-corrected chi connectivity index (χ3v) is 4.77. The van der Waals surface area contributed by atoms with E-state index in [2.05, 4.69) is 0 Å². The molecule has 0 saturated carbocycles. The Bertz CT molecular complexity index is 992. The van der Waals surface area contributed by atoms with E-state index >= 15 is 0 Å². The Morgan fingerprint density at radius 1 is 0.848 bits per heavy atom. The number of aromatic carboxylic acids is 1. The third kappa shape index (κ3) is 7.63. The molecule has 0 aliphatic rings. The van der Waals surface area contributed by atoms with Gasteiger partial charge >= 0.3 is 11.9 Å². The molecule has 2 aromatic carbocycles. The average molecular weight is 457 g/mol. The lowest BCUT2D eigenvalue weighted by Gasteiger charge is -2.16. The molecular formula is C26H32O7. The van der Waals surface area contributed by atoms with Crippen molar-refractivity contribution >= 4 is 17.7 Å². The quantitative estimate of drug-likeness (QED) is 0.362. The van der Waals surface area contributed by atoms with E-state index in [0.29, 0.717) is 36.9 Å². The fourth-order valence-electron chi connectivity index (χ4n) is 3.03. The molecule has 7 heteroatoms. The molecule has 0 atom stereocenters. The monoisotopic (exact) mass is 456 g/mol. The van der Waals surface area contributed by atoms with Crippen LogP contribution in [0.25, 0.3) is 0 Å². The first-order chi connectivity index (χ1) is 15.6. The maximum Gasteiger partial charge on any atom is 0.335 e. The highest BCUT2D eigenvalue weighted by molar-refractivity contribution is 6.11. The van der Waals surface area contributed by atoms with Gasteiger partial charge in [0, 0.05) is 12.0 Å². The van der Waals surface area contributed by atoms with Gasteiger partial charge in [0.1, 0.15) is 11.5 Å². The number of benzene rings is 2. The van der Waals surface area contributed by atoms with Crippen LogP contribution in [0.2, 0.25) is 0 Å². The summed E-state index contributed by atoms with van der Waals surface area (Å²) >= 11 is 0. The van der Waals surface area contributed by atoms with Crippen LogP contribution in [0.4, 0.5) is 0 Å². The van der Waals surface area contributed by atoms with Crippen LogP contribution < -0.4 is 9.47 Å². The predicted octanol–water partition coefficient (Wildman–Crippen LogP) is 4.79. The molecule has 0 unspecified atom stereocenters. The van der Waals surface area contributed by atoms with E-state index in [4.69, 9.17) is 14.2 Å². The SMILES string of the molecule is COC(=O)CCc1cc(C(=O)c2ccc(C(=O)O)cc2OCC(C)C)ccc1OCC(C)C. The molecule has 0 fully saturated rings. The van der Waals surface area contributed by atoms with Gasteiger partial charge in [-0.3, -0.25) is 9.59 Å². The third-order valence-electron chi connectivity index (χ3n) is 4.77. The number of ketones is 1. The first kappa shape index (κ1) is 25.9. The van der Waals surface area contributed by atoms with Gasteiger partial charge in [-0.05, 0) is 60.2 Å². The van der Waals surface area contributed by atoms with Gasteiger partial charge in [-0.25, -0.2) is 4.79 Å². The number of ether oxygens (including phenoxy) is 3. The van der Waals surface area contributed by atoms with Crippen LogP contribution in [0.5, 0.6) is 11.5 Å². The van der Waals surface area contributed by atoms with Gasteiger partial charge in [-0.1, -0.05) is 27.7 Å². The van der Waals surface area contributed by atoms with Crippen LogP contribution in [0.3, 0.4) is 0 Å². The number of hydrogen-bond acceptors (Lipinski definition) is 6. The Morgan fingerprint density at radius 2 is 1.45 bits per heavy atom. The number of carboxylic acid groups (broad SMARTS) is 1. The molecule has 0 aliphatic heterocycles. The number of esters is 1. The normalized spacial score (nSPS) is 10.9. The molecule has 0 spiro atoms. The van der Waals surface area contributed by atoms with Crippen molar-refractivity contribution in [3.05, 3.63) is 58.7 Å². The lowest BCUT2D eigenvalue weighted by atomic mass is 9.97. The molecule has 2 rings (SSSR count). The highest BCUT2D eigenvalue weighted by Crippen LogP contribution is 2.28. The minimum absolute atomic E-state index is 0.0431. The van der Waals surface area contributed by atoms with Crippen molar-refractivity contribution in [3.8, 4) is 11.5 Å². The maximum atomic E-state index is 13.4. The van der Waals surface area contributed by atoms with Crippen LogP contribution in [0.15, 0.2) is 36.4 Å². The Labute approximate surface area is 194 Å². The highest BCUT2D eigenvalue weighted by Gasteiger charge is 2.20. The lowest BCUT2D eigenvalue weighted by Crippen LogP contribution is -2.12. The molecule has 33 heavy (non-hydrogen) atoms. The van der Waals surface area contributed by atoms with Crippen LogP contribution in [-0.4, -0.2) is 43.2 Å². The summed E-state index contributed by atoms with van der Waals surface area (Å²) in [5.74, 6) is -0.404. The van der Waals surface area contributed by atoms with Gasteiger partial charge in [-0.15, -0.1) is 0 Å². The average Bonchev–Trinajstić information content (AvgIpc) is 2.79. The van der Waals surface area contributed by atoms with E-state index in [-0.39, 0.29) is 41.0 Å². The molecule has 0 radical (unpaired) electrons. The Hall–Kier alpha value is -3.35. The van der Waals surface area contributed by atoms with Crippen molar-refractivity contribution in [2.24, 2.45) is 11.8 Å². The van der Waals surface area contributed by atoms with E-state index in [1.54, 1.807) is 18.2 Å². The minimum Gasteiger partial charge on any atom is -0.493 e. The van der Waals surface area contributed by atoms with Crippen LogP contribution in [0.1, 0.15) is 66.0 Å². The van der Waals surface area contributed by atoms with Crippen LogP contribution in [0, 0.1) is 11.8 Å². The molecule has 0 saturated heterocycles. The number of carbonyl (C=O) groups is 3. The summed E-state index contributed by atoms with van der Waals surface area (Å²) in [6.07, 6.45) is 0.512. The van der Waals surface area contributed by atoms with Crippen molar-refractivity contribution in [2.75, 3.05) is 20.3 Å². The number of carbonyl (C=O) groups excluding carboxylic acids is 2. The van der Waals surface area contributed by atoms with Gasteiger partial charge in [0.2, 0.25) is 0 Å². The molecule has 0 aromatic heterocycles.